The highest BCUT2D eigenvalue weighted by Crippen LogP contribution is 2.11. The number of nitrogens with zero attached hydrogens (tertiary/aromatic N) is 1. The summed E-state index contributed by atoms with van der Waals surface area (Å²) in [6, 6.07) is 0. The van der Waals surface area contributed by atoms with Crippen molar-refractivity contribution < 1.29 is 4.79 Å². The predicted molar refractivity (Wildman–Crippen MR) is 59.1 cm³/mol. The number of thiazole rings is 1. The number of hydrogen-bond donors (Lipinski definition) is 1. The number of amides is 1. The van der Waals surface area contributed by atoms with E-state index in [9.17, 15) is 4.79 Å². The Balaban J connectivity index is 2.47. The van der Waals surface area contributed by atoms with E-state index in [4.69, 9.17) is 11.6 Å². The number of rotatable bonds is 4. The van der Waals surface area contributed by atoms with Gasteiger partial charge in [0.25, 0.3) is 5.91 Å². The lowest BCUT2D eigenvalue weighted by molar-refractivity contribution is 0.0952. The van der Waals surface area contributed by atoms with Crippen LogP contribution in [0.2, 0.25) is 0 Å². The van der Waals surface area contributed by atoms with Crippen LogP contribution >= 0.6 is 22.9 Å². The van der Waals surface area contributed by atoms with E-state index >= 15 is 0 Å². The van der Waals surface area contributed by atoms with Gasteiger partial charge >= 0.3 is 0 Å². The molecule has 5 heteroatoms. The van der Waals surface area contributed by atoms with Gasteiger partial charge in [-0.3, -0.25) is 4.79 Å². The van der Waals surface area contributed by atoms with Crippen LogP contribution in [-0.4, -0.2) is 23.3 Å². The number of nitrogens with one attached hydrogen (secondary N) is 1. The van der Waals surface area contributed by atoms with Crippen LogP contribution in [-0.2, 0) is 0 Å². The third-order valence-corrected chi connectivity index (χ3v) is 3.28. The lowest BCUT2D eigenvalue weighted by Crippen LogP contribution is -2.28. The van der Waals surface area contributed by atoms with E-state index in [-0.39, 0.29) is 5.91 Å². The van der Waals surface area contributed by atoms with Crippen LogP contribution in [0.3, 0.4) is 0 Å². The molecule has 0 aliphatic rings. The fourth-order valence-corrected chi connectivity index (χ4v) is 1.75. The number of carbonyl (C=O) groups is 1. The van der Waals surface area contributed by atoms with E-state index in [0.717, 1.165) is 5.69 Å². The topological polar surface area (TPSA) is 42.0 Å². The summed E-state index contributed by atoms with van der Waals surface area (Å²) >= 11 is 6.99. The molecule has 0 bridgehead atoms. The summed E-state index contributed by atoms with van der Waals surface area (Å²) < 4.78 is 0. The molecule has 0 saturated heterocycles. The van der Waals surface area contributed by atoms with Crippen molar-refractivity contribution in [2.75, 3.05) is 12.4 Å². The van der Waals surface area contributed by atoms with Gasteiger partial charge in [-0.2, -0.15) is 0 Å². The van der Waals surface area contributed by atoms with Crippen molar-refractivity contribution in [2.24, 2.45) is 5.92 Å². The van der Waals surface area contributed by atoms with Gasteiger partial charge < -0.3 is 5.32 Å². The third kappa shape index (κ3) is 2.96. The molecule has 1 aromatic rings. The van der Waals surface area contributed by atoms with Crippen molar-refractivity contribution in [3.8, 4) is 0 Å². The highest BCUT2D eigenvalue weighted by molar-refractivity contribution is 7.11. The van der Waals surface area contributed by atoms with E-state index in [1.165, 1.54) is 11.3 Å². The predicted octanol–water partition coefficient (Wildman–Crippen LogP) is 2.06. The van der Waals surface area contributed by atoms with Gasteiger partial charge in [-0.1, -0.05) is 6.92 Å². The molecule has 1 aromatic heterocycles. The Labute approximate surface area is 92.5 Å². The van der Waals surface area contributed by atoms with Crippen molar-refractivity contribution in [2.45, 2.75) is 13.8 Å². The average molecular weight is 233 g/mol. The zero-order valence-electron chi connectivity index (χ0n) is 8.21. The second kappa shape index (κ2) is 5.32. The van der Waals surface area contributed by atoms with Gasteiger partial charge in [-0.25, -0.2) is 4.98 Å². The fourth-order valence-electron chi connectivity index (χ4n) is 0.922. The van der Waals surface area contributed by atoms with Crippen molar-refractivity contribution in [3.63, 3.8) is 0 Å². The molecule has 1 heterocycles. The molecule has 0 spiro atoms. The zero-order chi connectivity index (χ0) is 10.6. The molecule has 1 amide bonds. The molecule has 1 unspecified atom stereocenters. The second-order valence-corrected chi connectivity index (χ2v) is 4.40. The number of alkyl halides is 1. The summed E-state index contributed by atoms with van der Waals surface area (Å²) in [5, 5.41) is 2.82. The van der Waals surface area contributed by atoms with Gasteiger partial charge in [-0.15, -0.1) is 22.9 Å². The van der Waals surface area contributed by atoms with E-state index in [0.29, 0.717) is 23.2 Å². The maximum atomic E-state index is 11.6. The Kier molecular flexibility index (Phi) is 4.35. The molecule has 1 atom stereocenters. The van der Waals surface area contributed by atoms with Crippen LogP contribution in [0.4, 0.5) is 0 Å². The molecule has 14 heavy (non-hydrogen) atoms. The van der Waals surface area contributed by atoms with Crippen LogP contribution in [0.15, 0.2) is 5.51 Å². The molecule has 1 N–H and O–H groups in total. The first-order valence-electron chi connectivity index (χ1n) is 4.39. The molecule has 0 aliphatic heterocycles. The first kappa shape index (κ1) is 11.5. The standard InChI is InChI=1S/C9H13ClN2OS/c1-6(3-10)4-11-9(13)8-7(2)12-5-14-8/h5-6H,3-4H2,1-2H3,(H,11,13). The second-order valence-electron chi connectivity index (χ2n) is 3.24. The monoisotopic (exact) mass is 232 g/mol. The maximum Gasteiger partial charge on any atom is 0.263 e. The normalized spacial score (nSPS) is 12.5. The molecule has 0 saturated carbocycles. The Morgan fingerprint density at radius 2 is 2.50 bits per heavy atom. The van der Waals surface area contributed by atoms with Gasteiger partial charge in [0.1, 0.15) is 4.88 Å². The lowest BCUT2D eigenvalue weighted by Gasteiger charge is -2.08. The number of aryl methyl sites for hydroxylation is 1. The molecular formula is C9H13ClN2OS. The maximum absolute atomic E-state index is 11.6. The van der Waals surface area contributed by atoms with Crippen molar-refractivity contribution in [1.29, 1.82) is 0 Å². The van der Waals surface area contributed by atoms with E-state index in [2.05, 4.69) is 10.3 Å². The molecule has 3 nitrogen and oxygen atoms in total. The van der Waals surface area contributed by atoms with E-state index < -0.39 is 0 Å². The van der Waals surface area contributed by atoms with Crippen LogP contribution in [0.1, 0.15) is 22.3 Å². The quantitative estimate of drug-likeness (QED) is 0.808. The number of hydrogen-bond acceptors (Lipinski definition) is 3. The minimum Gasteiger partial charge on any atom is -0.351 e. The van der Waals surface area contributed by atoms with Gasteiger partial charge in [0, 0.05) is 12.4 Å². The molecular weight excluding hydrogens is 220 g/mol. The van der Waals surface area contributed by atoms with E-state index in [1.54, 1.807) is 5.51 Å². The largest absolute Gasteiger partial charge is 0.351 e. The highest BCUT2D eigenvalue weighted by atomic mass is 35.5. The Hall–Kier alpha value is -0.610. The Morgan fingerprint density at radius 3 is 3.00 bits per heavy atom. The van der Waals surface area contributed by atoms with Gasteiger partial charge in [0.05, 0.1) is 11.2 Å². The van der Waals surface area contributed by atoms with Crippen LogP contribution in [0.5, 0.6) is 0 Å². The van der Waals surface area contributed by atoms with Crippen molar-refractivity contribution >= 4 is 28.8 Å². The zero-order valence-corrected chi connectivity index (χ0v) is 9.78. The lowest BCUT2D eigenvalue weighted by atomic mass is 10.2. The number of aromatic nitrogens is 1. The molecule has 0 aliphatic carbocycles. The van der Waals surface area contributed by atoms with Gasteiger partial charge in [0.2, 0.25) is 0 Å². The molecule has 1 rings (SSSR count). The minimum absolute atomic E-state index is 0.0537. The number of halogens is 1. The first-order chi connectivity index (χ1) is 6.65. The van der Waals surface area contributed by atoms with Crippen molar-refractivity contribution in [3.05, 3.63) is 16.1 Å². The summed E-state index contributed by atoms with van der Waals surface area (Å²) in [4.78, 5) is 16.3. The average Bonchev–Trinajstić information content (AvgIpc) is 2.60. The Morgan fingerprint density at radius 1 is 1.79 bits per heavy atom. The number of carbonyl (C=O) groups excluding carboxylic acids is 1. The summed E-state index contributed by atoms with van der Waals surface area (Å²) in [6.45, 7) is 4.43. The molecule has 0 aromatic carbocycles. The Bertz CT molecular complexity index is 314. The summed E-state index contributed by atoms with van der Waals surface area (Å²) in [7, 11) is 0. The van der Waals surface area contributed by atoms with Crippen molar-refractivity contribution in [1.82, 2.24) is 10.3 Å². The smallest absolute Gasteiger partial charge is 0.263 e. The summed E-state index contributed by atoms with van der Waals surface area (Å²) in [6.07, 6.45) is 0. The van der Waals surface area contributed by atoms with Gasteiger partial charge in [0.15, 0.2) is 0 Å². The van der Waals surface area contributed by atoms with Crippen LogP contribution < -0.4 is 5.32 Å². The SMILES string of the molecule is Cc1ncsc1C(=O)NCC(C)CCl. The first-order valence-corrected chi connectivity index (χ1v) is 5.80. The van der Waals surface area contributed by atoms with Crippen LogP contribution in [0, 0.1) is 12.8 Å². The van der Waals surface area contributed by atoms with Gasteiger partial charge in [-0.05, 0) is 12.8 Å². The highest BCUT2D eigenvalue weighted by Gasteiger charge is 2.11. The minimum atomic E-state index is -0.0537. The van der Waals surface area contributed by atoms with E-state index in [1.807, 2.05) is 13.8 Å². The third-order valence-electron chi connectivity index (χ3n) is 1.83. The van der Waals surface area contributed by atoms with Crippen LogP contribution in [0.25, 0.3) is 0 Å². The summed E-state index contributed by atoms with van der Waals surface area (Å²) in [5.74, 6) is 0.804. The molecule has 78 valence electrons. The molecule has 0 fully saturated rings. The summed E-state index contributed by atoms with van der Waals surface area (Å²) in [5.41, 5.74) is 2.46. The molecule has 0 radical (unpaired) electrons. The fraction of sp³-hybridized carbons (Fsp3) is 0.556.